The van der Waals surface area contributed by atoms with Gasteiger partial charge in [0.1, 0.15) is 0 Å². The molecule has 3 fully saturated rings. The number of ether oxygens (including phenoxy) is 3. The molecule has 10 heteroatoms. The first-order chi connectivity index (χ1) is 14.7. The minimum Gasteiger partial charge on any atom is -0.475 e. The van der Waals surface area contributed by atoms with Gasteiger partial charge in [0, 0.05) is 44.1 Å². The molecule has 0 saturated carbocycles. The van der Waals surface area contributed by atoms with Crippen LogP contribution < -0.4 is 0 Å². The highest BCUT2D eigenvalue weighted by Crippen LogP contribution is 2.37. The van der Waals surface area contributed by atoms with Crippen molar-refractivity contribution in [3.8, 4) is 0 Å². The fraction of sp³-hybridized carbons (Fsp3) is 0.762. The lowest BCUT2D eigenvalue weighted by Gasteiger charge is -2.24. The molecule has 0 aromatic carbocycles. The second-order valence-corrected chi connectivity index (χ2v) is 9.50. The number of likely N-dealkylation sites (tertiary alicyclic amines) is 1. The molecule has 4 rings (SSSR count). The standard InChI is InChI=1S/C19H29NO3S.C2HF3O2/c1-15-4-9-24-18(15)11-20-6-5-19(14-20)10-17(13-23-19)22-12-16-2-7-21-8-3-16;3-2(4,5)1(6)7/h4,9,16-17H,2-3,5-8,10-14H2,1H3;(H,6,7)/t17-,19-;/m0./s1. The van der Waals surface area contributed by atoms with Gasteiger partial charge in [-0.25, -0.2) is 4.79 Å². The molecule has 0 unspecified atom stereocenters. The minimum atomic E-state index is -5.08. The molecule has 4 heterocycles. The van der Waals surface area contributed by atoms with E-state index in [0.717, 1.165) is 71.7 Å². The molecule has 2 atom stereocenters. The number of carboxylic acids is 1. The van der Waals surface area contributed by atoms with Crippen LogP contribution >= 0.6 is 11.3 Å². The van der Waals surface area contributed by atoms with Gasteiger partial charge in [0.25, 0.3) is 0 Å². The molecule has 1 aromatic heterocycles. The van der Waals surface area contributed by atoms with Gasteiger partial charge in [0.05, 0.1) is 24.9 Å². The van der Waals surface area contributed by atoms with Crippen molar-refractivity contribution in [1.82, 2.24) is 4.90 Å². The Morgan fingerprint density at radius 3 is 2.71 bits per heavy atom. The summed E-state index contributed by atoms with van der Waals surface area (Å²) in [7, 11) is 0. The van der Waals surface area contributed by atoms with Crippen LogP contribution in [0.5, 0.6) is 0 Å². The fourth-order valence-electron chi connectivity index (χ4n) is 4.21. The zero-order chi connectivity index (χ0) is 22.5. The van der Waals surface area contributed by atoms with E-state index in [1.54, 1.807) is 0 Å². The monoisotopic (exact) mass is 465 g/mol. The van der Waals surface area contributed by atoms with Crippen molar-refractivity contribution in [2.45, 2.75) is 57.0 Å². The van der Waals surface area contributed by atoms with E-state index < -0.39 is 12.1 Å². The number of hydrogen-bond acceptors (Lipinski definition) is 6. The van der Waals surface area contributed by atoms with Crippen molar-refractivity contribution in [3.05, 3.63) is 21.9 Å². The lowest BCUT2D eigenvalue weighted by Crippen LogP contribution is -2.33. The molecule has 0 amide bonds. The first-order valence-electron chi connectivity index (χ1n) is 10.6. The third-order valence-electron chi connectivity index (χ3n) is 6.06. The van der Waals surface area contributed by atoms with Crippen LogP contribution in [-0.2, 0) is 25.5 Å². The number of aliphatic carboxylic acids is 1. The molecule has 1 N–H and O–H groups in total. The van der Waals surface area contributed by atoms with Gasteiger partial charge in [0.15, 0.2) is 0 Å². The van der Waals surface area contributed by atoms with Gasteiger partial charge in [-0.15, -0.1) is 11.3 Å². The molecule has 1 aromatic rings. The second kappa shape index (κ2) is 10.6. The normalized spacial score (nSPS) is 27.4. The SMILES string of the molecule is Cc1ccsc1CN1CC[C@]2(C[C@H](OCC3CCOCC3)CO2)C1.O=C(O)C(F)(F)F. The van der Waals surface area contributed by atoms with E-state index in [0.29, 0.717) is 5.92 Å². The maximum atomic E-state index is 10.6. The first-order valence-corrected chi connectivity index (χ1v) is 11.4. The molecular formula is C21H30F3NO5S. The number of carboxylic acid groups (broad SMARTS) is 1. The van der Waals surface area contributed by atoms with E-state index in [-0.39, 0.29) is 11.7 Å². The van der Waals surface area contributed by atoms with E-state index in [1.165, 1.54) is 10.4 Å². The first kappa shape index (κ1) is 24.4. The van der Waals surface area contributed by atoms with E-state index in [1.807, 2.05) is 11.3 Å². The molecule has 31 heavy (non-hydrogen) atoms. The maximum Gasteiger partial charge on any atom is 0.490 e. The van der Waals surface area contributed by atoms with Crippen LogP contribution in [0.3, 0.4) is 0 Å². The second-order valence-electron chi connectivity index (χ2n) is 8.50. The van der Waals surface area contributed by atoms with Gasteiger partial charge >= 0.3 is 12.1 Å². The van der Waals surface area contributed by atoms with Crippen molar-refractivity contribution in [2.75, 3.05) is 39.5 Å². The summed E-state index contributed by atoms with van der Waals surface area (Å²) >= 11 is 1.87. The predicted molar refractivity (Wildman–Crippen MR) is 109 cm³/mol. The molecule has 0 radical (unpaired) electrons. The molecule has 3 aliphatic rings. The molecule has 1 spiro atoms. The van der Waals surface area contributed by atoms with Crippen LogP contribution in [0.15, 0.2) is 11.4 Å². The topological polar surface area (TPSA) is 68.2 Å². The molecule has 3 saturated heterocycles. The maximum absolute atomic E-state index is 10.6. The largest absolute Gasteiger partial charge is 0.490 e. The molecule has 0 bridgehead atoms. The molecule has 6 nitrogen and oxygen atoms in total. The van der Waals surface area contributed by atoms with E-state index in [4.69, 9.17) is 24.1 Å². The highest BCUT2D eigenvalue weighted by Gasteiger charge is 2.46. The van der Waals surface area contributed by atoms with Crippen LogP contribution in [0.2, 0.25) is 0 Å². The Labute approximate surface area is 184 Å². The zero-order valence-electron chi connectivity index (χ0n) is 17.7. The third-order valence-corrected chi connectivity index (χ3v) is 7.06. The van der Waals surface area contributed by atoms with Crippen molar-refractivity contribution in [3.63, 3.8) is 0 Å². The van der Waals surface area contributed by atoms with E-state index in [9.17, 15) is 13.2 Å². The fourth-order valence-corrected chi connectivity index (χ4v) is 5.16. The quantitative estimate of drug-likeness (QED) is 0.712. The number of alkyl halides is 3. The van der Waals surface area contributed by atoms with Gasteiger partial charge in [-0.3, -0.25) is 4.90 Å². The number of thiophene rings is 1. The average Bonchev–Trinajstić information content (AvgIpc) is 3.43. The molecular weight excluding hydrogens is 435 g/mol. The highest BCUT2D eigenvalue weighted by atomic mass is 32.1. The number of hydrogen-bond donors (Lipinski definition) is 1. The summed E-state index contributed by atoms with van der Waals surface area (Å²) in [6, 6.07) is 2.22. The van der Waals surface area contributed by atoms with Crippen molar-refractivity contribution >= 4 is 17.3 Å². The molecule has 3 aliphatic heterocycles. The summed E-state index contributed by atoms with van der Waals surface area (Å²) in [5, 5.41) is 9.32. The minimum absolute atomic E-state index is 0.0471. The zero-order valence-corrected chi connectivity index (χ0v) is 18.5. The van der Waals surface area contributed by atoms with Crippen LogP contribution in [0.4, 0.5) is 13.2 Å². The Morgan fingerprint density at radius 2 is 2.10 bits per heavy atom. The number of rotatable bonds is 5. The van der Waals surface area contributed by atoms with Crippen molar-refractivity contribution < 1.29 is 37.3 Å². The summed E-state index contributed by atoms with van der Waals surface area (Å²) in [4.78, 5) is 12.9. The summed E-state index contributed by atoms with van der Waals surface area (Å²) in [5.41, 5.74) is 1.47. The summed E-state index contributed by atoms with van der Waals surface area (Å²) in [5.74, 6) is -2.08. The van der Waals surface area contributed by atoms with Gasteiger partial charge < -0.3 is 19.3 Å². The average molecular weight is 466 g/mol. The Hall–Kier alpha value is -1.20. The van der Waals surface area contributed by atoms with Crippen LogP contribution in [0.1, 0.15) is 36.1 Å². The Balaban J connectivity index is 0.000000339. The van der Waals surface area contributed by atoms with Crippen molar-refractivity contribution in [1.29, 1.82) is 0 Å². The van der Waals surface area contributed by atoms with Crippen LogP contribution in [-0.4, -0.2) is 73.4 Å². The lowest BCUT2D eigenvalue weighted by molar-refractivity contribution is -0.192. The predicted octanol–water partition coefficient (Wildman–Crippen LogP) is 3.87. The lowest BCUT2D eigenvalue weighted by atomic mass is 9.98. The number of aryl methyl sites for hydroxylation is 1. The highest BCUT2D eigenvalue weighted by molar-refractivity contribution is 7.10. The number of nitrogens with zero attached hydrogens (tertiary/aromatic N) is 1. The summed E-state index contributed by atoms with van der Waals surface area (Å²) in [6.45, 7) is 8.94. The summed E-state index contributed by atoms with van der Waals surface area (Å²) < 4.78 is 49.6. The van der Waals surface area contributed by atoms with Gasteiger partial charge in [0.2, 0.25) is 0 Å². The number of carbonyl (C=O) groups is 1. The smallest absolute Gasteiger partial charge is 0.475 e. The summed E-state index contributed by atoms with van der Waals surface area (Å²) in [6.07, 6.45) is -0.291. The number of halogens is 3. The van der Waals surface area contributed by atoms with E-state index >= 15 is 0 Å². The van der Waals surface area contributed by atoms with E-state index in [2.05, 4.69) is 23.3 Å². The Bertz CT molecular complexity index is 722. The molecule has 0 aliphatic carbocycles. The Morgan fingerprint density at radius 1 is 1.39 bits per heavy atom. The van der Waals surface area contributed by atoms with Gasteiger partial charge in [-0.05, 0) is 49.1 Å². The third kappa shape index (κ3) is 7.15. The van der Waals surface area contributed by atoms with Crippen molar-refractivity contribution in [2.24, 2.45) is 5.92 Å². The van der Waals surface area contributed by atoms with Crippen LogP contribution in [0.25, 0.3) is 0 Å². The van der Waals surface area contributed by atoms with Crippen LogP contribution in [0, 0.1) is 12.8 Å². The molecule has 176 valence electrons. The van der Waals surface area contributed by atoms with Gasteiger partial charge in [-0.1, -0.05) is 0 Å². The van der Waals surface area contributed by atoms with Gasteiger partial charge in [-0.2, -0.15) is 13.2 Å². The Kier molecular flexibility index (Phi) is 8.37.